The minimum atomic E-state index is -0.522. The molecule has 1 N–H and O–H groups in total. The van der Waals surface area contributed by atoms with E-state index in [0.717, 1.165) is 52.5 Å². The number of aliphatic hydroxyl groups is 1. The van der Waals surface area contributed by atoms with Gasteiger partial charge in [-0.1, -0.05) is 18.9 Å². The molecule has 35 heavy (non-hydrogen) atoms. The van der Waals surface area contributed by atoms with Crippen molar-refractivity contribution in [2.45, 2.75) is 44.2 Å². The number of fused-ring (bicyclic) bond motifs is 3. The number of nitrogens with zero attached hydrogens (tertiary/aromatic N) is 6. The van der Waals surface area contributed by atoms with E-state index in [4.69, 9.17) is 0 Å². The lowest BCUT2D eigenvalue weighted by atomic mass is 9.92. The third kappa shape index (κ3) is 3.89. The maximum absolute atomic E-state index is 13.6. The van der Waals surface area contributed by atoms with Crippen LogP contribution < -0.4 is 5.56 Å². The average Bonchev–Trinajstić information content (AvgIpc) is 3.32. The second kappa shape index (κ2) is 8.70. The highest BCUT2D eigenvalue weighted by Crippen LogP contribution is 2.30. The molecule has 5 aromatic rings. The van der Waals surface area contributed by atoms with Crippen molar-refractivity contribution in [3.63, 3.8) is 0 Å². The Bertz CT molecular complexity index is 1590. The monoisotopic (exact) mass is 466 g/mol. The lowest BCUT2D eigenvalue weighted by Crippen LogP contribution is -2.34. The molecule has 8 heteroatoms. The Morgan fingerprint density at radius 3 is 2.69 bits per heavy atom. The molecule has 6 rings (SSSR count). The SMILES string of the molecule is Cn1cc(-c2ccc(Cc3cc4c(=O)n([C@H]5CCCC[C@@H]5O)cnc4c4cccnc34)cn2)cn1. The zero-order valence-corrected chi connectivity index (χ0v) is 19.5. The predicted octanol–water partition coefficient (Wildman–Crippen LogP) is 3.81. The lowest BCUT2D eigenvalue weighted by molar-refractivity contribution is 0.0735. The van der Waals surface area contributed by atoms with Crippen LogP contribution in [0.5, 0.6) is 0 Å². The van der Waals surface area contributed by atoms with Gasteiger partial charge in [0.05, 0.1) is 46.8 Å². The fourth-order valence-corrected chi connectivity index (χ4v) is 5.18. The van der Waals surface area contributed by atoms with Crippen LogP contribution in [-0.4, -0.2) is 40.5 Å². The molecular weight excluding hydrogens is 440 g/mol. The quantitative estimate of drug-likeness (QED) is 0.405. The van der Waals surface area contributed by atoms with Crippen molar-refractivity contribution in [2.75, 3.05) is 0 Å². The highest BCUT2D eigenvalue weighted by molar-refractivity contribution is 6.04. The van der Waals surface area contributed by atoms with E-state index in [1.807, 2.05) is 49.8 Å². The van der Waals surface area contributed by atoms with Crippen LogP contribution in [0.2, 0.25) is 0 Å². The molecule has 1 aromatic carbocycles. The fourth-order valence-electron chi connectivity index (χ4n) is 5.18. The number of pyridine rings is 2. The minimum absolute atomic E-state index is 0.113. The first-order valence-electron chi connectivity index (χ1n) is 12.0. The summed E-state index contributed by atoms with van der Waals surface area (Å²) >= 11 is 0. The Balaban J connectivity index is 1.43. The third-order valence-corrected chi connectivity index (χ3v) is 6.99. The summed E-state index contributed by atoms with van der Waals surface area (Å²) in [5.41, 5.74) is 5.17. The van der Waals surface area contributed by atoms with Gasteiger partial charge >= 0.3 is 0 Å². The van der Waals surface area contributed by atoms with Crippen LogP contribution in [0.15, 0.2) is 66.2 Å². The summed E-state index contributed by atoms with van der Waals surface area (Å²) in [5.74, 6) is 0. The van der Waals surface area contributed by atoms with Crippen LogP contribution in [0.4, 0.5) is 0 Å². The Morgan fingerprint density at radius 2 is 1.91 bits per heavy atom. The molecule has 1 aliphatic carbocycles. The van der Waals surface area contributed by atoms with Crippen LogP contribution in [0.25, 0.3) is 33.1 Å². The summed E-state index contributed by atoms with van der Waals surface area (Å²) in [6, 6.07) is 9.56. The van der Waals surface area contributed by atoms with Crippen molar-refractivity contribution in [1.29, 1.82) is 0 Å². The first-order chi connectivity index (χ1) is 17.1. The van der Waals surface area contributed by atoms with Crippen LogP contribution in [0.3, 0.4) is 0 Å². The molecule has 176 valence electrons. The molecule has 0 radical (unpaired) electrons. The number of aryl methyl sites for hydroxylation is 1. The van der Waals surface area contributed by atoms with E-state index in [-0.39, 0.29) is 11.6 Å². The van der Waals surface area contributed by atoms with E-state index < -0.39 is 6.10 Å². The molecule has 0 amide bonds. The molecule has 0 unspecified atom stereocenters. The molecule has 1 fully saturated rings. The summed E-state index contributed by atoms with van der Waals surface area (Å²) in [7, 11) is 1.88. The molecule has 4 heterocycles. The first kappa shape index (κ1) is 21.6. The van der Waals surface area contributed by atoms with Gasteiger partial charge in [-0.3, -0.25) is 24.0 Å². The zero-order chi connectivity index (χ0) is 23.9. The molecule has 0 spiro atoms. The number of benzene rings is 1. The molecule has 8 nitrogen and oxygen atoms in total. The maximum atomic E-state index is 13.6. The molecule has 0 aliphatic heterocycles. The van der Waals surface area contributed by atoms with E-state index >= 15 is 0 Å². The number of aromatic nitrogens is 6. The van der Waals surface area contributed by atoms with Crippen LogP contribution >= 0.6 is 0 Å². The van der Waals surface area contributed by atoms with E-state index in [0.29, 0.717) is 23.7 Å². The van der Waals surface area contributed by atoms with E-state index in [2.05, 4.69) is 20.1 Å². The summed E-state index contributed by atoms with van der Waals surface area (Å²) in [6.07, 6.45) is 12.5. The highest BCUT2D eigenvalue weighted by atomic mass is 16.3. The van der Waals surface area contributed by atoms with Gasteiger partial charge in [-0.05, 0) is 48.2 Å². The van der Waals surface area contributed by atoms with Crippen molar-refractivity contribution in [3.05, 3.63) is 82.9 Å². The van der Waals surface area contributed by atoms with E-state index in [9.17, 15) is 9.90 Å². The topological polar surface area (TPSA) is 98.7 Å². The van der Waals surface area contributed by atoms with Crippen LogP contribution in [-0.2, 0) is 13.5 Å². The second-order valence-corrected chi connectivity index (χ2v) is 9.34. The molecule has 2 atom stereocenters. The predicted molar refractivity (Wildman–Crippen MR) is 134 cm³/mol. The van der Waals surface area contributed by atoms with Crippen molar-refractivity contribution >= 4 is 21.8 Å². The minimum Gasteiger partial charge on any atom is -0.391 e. The number of rotatable bonds is 4. The van der Waals surface area contributed by atoms with E-state index in [1.54, 1.807) is 28.0 Å². The zero-order valence-electron chi connectivity index (χ0n) is 19.5. The van der Waals surface area contributed by atoms with Gasteiger partial charge in [0.25, 0.3) is 5.56 Å². The molecule has 1 aliphatic rings. The molecule has 0 bridgehead atoms. The van der Waals surface area contributed by atoms with Gasteiger partial charge in [-0.15, -0.1) is 0 Å². The van der Waals surface area contributed by atoms with Crippen LogP contribution in [0, 0.1) is 0 Å². The van der Waals surface area contributed by atoms with Crippen molar-refractivity contribution in [2.24, 2.45) is 7.05 Å². The Labute approximate surface area is 201 Å². The number of aliphatic hydroxyl groups excluding tert-OH is 1. The standard InChI is InChI=1S/C27H26N6O2/c1-32-15-19(14-31-32)22-9-8-17(13-29-22)11-18-12-21-26(20-5-4-10-28-25(18)20)30-16-33(27(21)35)23-6-2-3-7-24(23)34/h4-5,8-10,12-16,23-24,34H,2-3,6-7,11H2,1H3/t23-,24-/m0/s1. The van der Waals surface area contributed by atoms with Crippen molar-refractivity contribution in [3.8, 4) is 11.3 Å². The Kier molecular flexibility index (Phi) is 5.37. The smallest absolute Gasteiger partial charge is 0.261 e. The summed E-state index contributed by atoms with van der Waals surface area (Å²) in [4.78, 5) is 27.5. The number of hydrogen-bond acceptors (Lipinski definition) is 6. The van der Waals surface area contributed by atoms with Crippen molar-refractivity contribution in [1.82, 2.24) is 29.3 Å². The normalized spacial score (nSPS) is 18.3. The van der Waals surface area contributed by atoms with Crippen LogP contribution in [0.1, 0.15) is 42.9 Å². The Morgan fingerprint density at radius 1 is 1.03 bits per heavy atom. The van der Waals surface area contributed by atoms with Gasteiger partial charge in [-0.25, -0.2) is 4.98 Å². The second-order valence-electron chi connectivity index (χ2n) is 9.34. The van der Waals surface area contributed by atoms with Gasteiger partial charge in [-0.2, -0.15) is 5.10 Å². The fraction of sp³-hybridized carbons (Fsp3) is 0.296. The van der Waals surface area contributed by atoms with Gasteiger partial charge in [0.15, 0.2) is 0 Å². The van der Waals surface area contributed by atoms with Gasteiger partial charge in [0.1, 0.15) is 0 Å². The van der Waals surface area contributed by atoms with E-state index in [1.165, 1.54) is 0 Å². The maximum Gasteiger partial charge on any atom is 0.261 e. The molecule has 4 aromatic heterocycles. The summed E-state index contributed by atoms with van der Waals surface area (Å²) < 4.78 is 3.38. The van der Waals surface area contributed by atoms with Gasteiger partial charge in [0, 0.05) is 43.0 Å². The third-order valence-electron chi connectivity index (χ3n) is 6.99. The number of hydrogen-bond donors (Lipinski definition) is 1. The van der Waals surface area contributed by atoms with Gasteiger partial charge in [0.2, 0.25) is 0 Å². The first-order valence-corrected chi connectivity index (χ1v) is 12.0. The molecule has 0 saturated heterocycles. The summed E-state index contributed by atoms with van der Waals surface area (Å²) in [6.45, 7) is 0. The largest absolute Gasteiger partial charge is 0.391 e. The lowest BCUT2D eigenvalue weighted by Gasteiger charge is -2.29. The van der Waals surface area contributed by atoms with Crippen molar-refractivity contribution < 1.29 is 5.11 Å². The molecular formula is C27H26N6O2. The summed E-state index contributed by atoms with van der Waals surface area (Å²) in [5, 5.41) is 16.2. The average molecular weight is 467 g/mol. The highest BCUT2D eigenvalue weighted by Gasteiger charge is 2.26. The van der Waals surface area contributed by atoms with Gasteiger partial charge < -0.3 is 5.11 Å². The molecule has 1 saturated carbocycles. The Hall–Kier alpha value is -3.91.